The van der Waals surface area contributed by atoms with Crippen LogP contribution in [0.3, 0.4) is 0 Å². The van der Waals surface area contributed by atoms with E-state index >= 15 is 0 Å². The van der Waals surface area contributed by atoms with Gasteiger partial charge in [0.05, 0.1) is 5.69 Å². The number of rotatable bonds is 4. The molecule has 0 amide bonds. The molecule has 0 bridgehead atoms. The summed E-state index contributed by atoms with van der Waals surface area (Å²) < 4.78 is 2.74. The summed E-state index contributed by atoms with van der Waals surface area (Å²) in [7, 11) is 0. The van der Waals surface area contributed by atoms with Crippen LogP contribution >= 0.6 is 28.1 Å². The zero-order chi connectivity index (χ0) is 14.0. The Morgan fingerprint density at radius 2 is 2.11 bits per heavy atom. The highest BCUT2D eigenvalue weighted by Crippen LogP contribution is 2.21. The van der Waals surface area contributed by atoms with E-state index in [4.69, 9.17) is 18.0 Å². The Morgan fingerprint density at radius 3 is 2.63 bits per heavy atom. The lowest BCUT2D eigenvalue weighted by Crippen LogP contribution is -2.11. The Bertz CT molecular complexity index is 621. The first kappa shape index (κ1) is 14.1. The van der Waals surface area contributed by atoms with Gasteiger partial charge in [-0.15, -0.1) is 0 Å². The van der Waals surface area contributed by atoms with Gasteiger partial charge in [-0.1, -0.05) is 26.1 Å². The number of aryl methyl sites for hydroxylation is 2. The van der Waals surface area contributed by atoms with Crippen LogP contribution in [0.1, 0.15) is 31.1 Å². The molecule has 1 aromatic heterocycles. The molecule has 2 N–H and O–H groups in total. The molecule has 0 aliphatic heterocycles. The highest BCUT2D eigenvalue weighted by atomic mass is 79.9. The van der Waals surface area contributed by atoms with Crippen molar-refractivity contribution in [1.29, 1.82) is 0 Å². The van der Waals surface area contributed by atoms with Crippen LogP contribution in [0.2, 0.25) is 0 Å². The SMILES string of the molecule is CCc1nc(CC)n(-c2ccc(C(N)=S)c(Br)c2)n1. The van der Waals surface area contributed by atoms with E-state index in [2.05, 4.69) is 32.9 Å². The van der Waals surface area contributed by atoms with E-state index in [1.54, 1.807) is 0 Å². The summed E-state index contributed by atoms with van der Waals surface area (Å²) in [6.07, 6.45) is 1.66. The fourth-order valence-electron chi connectivity index (χ4n) is 1.81. The number of aromatic nitrogens is 3. The highest BCUT2D eigenvalue weighted by Gasteiger charge is 2.11. The summed E-state index contributed by atoms with van der Waals surface area (Å²) in [6, 6.07) is 5.81. The van der Waals surface area contributed by atoms with Crippen molar-refractivity contribution in [2.75, 3.05) is 0 Å². The van der Waals surface area contributed by atoms with E-state index in [0.29, 0.717) is 4.99 Å². The van der Waals surface area contributed by atoms with Crippen LogP contribution in [0.15, 0.2) is 22.7 Å². The van der Waals surface area contributed by atoms with E-state index in [1.807, 2.05) is 29.8 Å². The van der Waals surface area contributed by atoms with E-state index in [0.717, 1.165) is 40.2 Å². The van der Waals surface area contributed by atoms with Crippen molar-refractivity contribution < 1.29 is 0 Å². The van der Waals surface area contributed by atoms with Gasteiger partial charge in [0.1, 0.15) is 10.8 Å². The topological polar surface area (TPSA) is 56.7 Å². The van der Waals surface area contributed by atoms with E-state index in [9.17, 15) is 0 Å². The molecule has 0 unspecified atom stereocenters. The van der Waals surface area contributed by atoms with Crippen molar-refractivity contribution in [3.63, 3.8) is 0 Å². The first-order chi connectivity index (χ1) is 9.06. The van der Waals surface area contributed by atoms with E-state index < -0.39 is 0 Å². The van der Waals surface area contributed by atoms with Crippen LogP contribution in [0.25, 0.3) is 5.69 Å². The Labute approximate surface area is 126 Å². The van der Waals surface area contributed by atoms with Crippen molar-refractivity contribution in [2.45, 2.75) is 26.7 Å². The van der Waals surface area contributed by atoms with Gasteiger partial charge in [-0.25, -0.2) is 9.67 Å². The van der Waals surface area contributed by atoms with Crippen LogP contribution in [-0.4, -0.2) is 19.8 Å². The molecule has 0 spiro atoms. The van der Waals surface area contributed by atoms with Crippen molar-refractivity contribution in [3.05, 3.63) is 39.9 Å². The molecule has 0 atom stereocenters. The van der Waals surface area contributed by atoms with Gasteiger partial charge in [-0.2, -0.15) is 5.10 Å². The van der Waals surface area contributed by atoms with Crippen LogP contribution in [0, 0.1) is 0 Å². The molecule has 0 saturated carbocycles. The minimum atomic E-state index is 0.377. The Kier molecular flexibility index (Phi) is 4.31. The molecule has 19 heavy (non-hydrogen) atoms. The molecule has 0 saturated heterocycles. The molecule has 1 heterocycles. The lowest BCUT2D eigenvalue weighted by atomic mass is 10.2. The fourth-order valence-corrected chi connectivity index (χ4v) is 2.70. The summed E-state index contributed by atoms with van der Waals surface area (Å²) in [5.74, 6) is 1.80. The normalized spacial score (nSPS) is 10.7. The zero-order valence-corrected chi connectivity index (χ0v) is 13.3. The average molecular weight is 339 g/mol. The van der Waals surface area contributed by atoms with Crippen LogP contribution in [-0.2, 0) is 12.8 Å². The molecule has 100 valence electrons. The molecular weight excluding hydrogens is 324 g/mol. The number of nitrogens with two attached hydrogens (primary N) is 1. The molecule has 6 heteroatoms. The van der Waals surface area contributed by atoms with Gasteiger partial charge in [0.25, 0.3) is 0 Å². The zero-order valence-electron chi connectivity index (χ0n) is 10.9. The van der Waals surface area contributed by atoms with Crippen LogP contribution in [0.5, 0.6) is 0 Å². The average Bonchev–Trinajstić information content (AvgIpc) is 2.81. The molecule has 1 aromatic carbocycles. The molecule has 4 nitrogen and oxygen atoms in total. The summed E-state index contributed by atoms with van der Waals surface area (Å²) in [6.45, 7) is 4.11. The highest BCUT2D eigenvalue weighted by molar-refractivity contribution is 9.10. The second kappa shape index (κ2) is 5.79. The molecule has 0 aliphatic rings. The number of thiocarbonyl (C=S) groups is 1. The summed E-state index contributed by atoms with van der Waals surface area (Å²) in [5.41, 5.74) is 7.43. The molecule has 0 aliphatic carbocycles. The maximum atomic E-state index is 5.65. The Morgan fingerprint density at radius 1 is 1.37 bits per heavy atom. The predicted octanol–water partition coefficient (Wildman–Crippen LogP) is 2.79. The van der Waals surface area contributed by atoms with Crippen molar-refractivity contribution in [2.24, 2.45) is 5.73 Å². The van der Waals surface area contributed by atoms with Gasteiger partial charge < -0.3 is 5.73 Å². The monoisotopic (exact) mass is 338 g/mol. The number of hydrogen-bond acceptors (Lipinski definition) is 3. The Hall–Kier alpha value is -1.27. The standard InChI is InChI=1S/C13H15BrN4S/c1-3-11-16-12(4-2)18(17-11)8-5-6-9(13(15)19)10(14)7-8/h5-7H,3-4H2,1-2H3,(H2,15,19). The summed E-state index contributed by atoms with van der Waals surface area (Å²) in [4.78, 5) is 4.87. The van der Waals surface area contributed by atoms with Crippen molar-refractivity contribution in [1.82, 2.24) is 14.8 Å². The van der Waals surface area contributed by atoms with Crippen molar-refractivity contribution in [3.8, 4) is 5.69 Å². The van der Waals surface area contributed by atoms with Crippen LogP contribution in [0.4, 0.5) is 0 Å². The maximum absolute atomic E-state index is 5.65. The minimum absolute atomic E-state index is 0.377. The molecule has 0 fully saturated rings. The quantitative estimate of drug-likeness (QED) is 0.871. The van der Waals surface area contributed by atoms with E-state index in [1.165, 1.54) is 0 Å². The summed E-state index contributed by atoms with van der Waals surface area (Å²) in [5, 5.41) is 4.51. The van der Waals surface area contributed by atoms with Crippen molar-refractivity contribution >= 4 is 33.1 Å². The third-order valence-electron chi connectivity index (χ3n) is 2.81. The van der Waals surface area contributed by atoms with E-state index in [-0.39, 0.29) is 0 Å². The third kappa shape index (κ3) is 2.84. The first-order valence-electron chi connectivity index (χ1n) is 6.11. The Balaban J connectivity index is 2.50. The number of hydrogen-bond donors (Lipinski definition) is 1. The number of nitrogens with zero attached hydrogens (tertiary/aromatic N) is 3. The van der Waals surface area contributed by atoms with Gasteiger partial charge >= 0.3 is 0 Å². The maximum Gasteiger partial charge on any atom is 0.151 e. The second-order valence-electron chi connectivity index (χ2n) is 4.09. The van der Waals surface area contributed by atoms with Gasteiger partial charge in [-0.05, 0) is 34.1 Å². The van der Waals surface area contributed by atoms with Gasteiger partial charge in [0.15, 0.2) is 5.82 Å². The lowest BCUT2D eigenvalue weighted by molar-refractivity contribution is 0.790. The van der Waals surface area contributed by atoms with Crippen LogP contribution < -0.4 is 5.73 Å². The predicted molar refractivity (Wildman–Crippen MR) is 83.7 cm³/mol. The third-order valence-corrected chi connectivity index (χ3v) is 3.69. The molecule has 2 rings (SSSR count). The fraction of sp³-hybridized carbons (Fsp3) is 0.308. The number of halogens is 1. The van der Waals surface area contributed by atoms with Gasteiger partial charge in [0.2, 0.25) is 0 Å². The van der Waals surface area contributed by atoms with Gasteiger partial charge in [0, 0.05) is 22.9 Å². The lowest BCUT2D eigenvalue weighted by Gasteiger charge is -2.07. The largest absolute Gasteiger partial charge is 0.389 e. The summed E-state index contributed by atoms with van der Waals surface area (Å²) >= 11 is 8.48. The van der Waals surface area contributed by atoms with Gasteiger partial charge in [-0.3, -0.25) is 0 Å². The molecular formula is C13H15BrN4S. The molecule has 2 aromatic rings. The smallest absolute Gasteiger partial charge is 0.151 e. The number of benzene rings is 1. The first-order valence-corrected chi connectivity index (χ1v) is 7.31. The molecule has 0 radical (unpaired) electrons. The minimum Gasteiger partial charge on any atom is -0.389 e. The second-order valence-corrected chi connectivity index (χ2v) is 5.39.